The van der Waals surface area contributed by atoms with E-state index in [0.29, 0.717) is 13.0 Å². The molecule has 4 nitrogen and oxygen atoms in total. The van der Waals surface area contributed by atoms with Crippen molar-refractivity contribution in [3.63, 3.8) is 0 Å². The molecule has 1 atom stereocenters. The molecule has 0 unspecified atom stereocenters. The van der Waals surface area contributed by atoms with Gasteiger partial charge in [-0.05, 0) is 37.7 Å². The third-order valence-corrected chi connectivity index (χ3v) is 3.49. The zero-order valence-electron chi connectivity index (χ0n) is 9.16. The number of aliphatic hydroxyl groups is 1. The van der Waals surface area contributed by atoms with Crippen LogP contribution in [-0.4, -0.2) is 41.2 Å². The van der Waals surface area contributed by atoms with Crippen molar-refractivity contribution < 1.29 is 9.90 Å². The van der Waals surface area contributed by atoms with Gasteiger partial charge >= 0.3 is 0 Å². The van der Waals surface area contributed by atoms with Crippen molar-refractivity contribution in [3.8, 4) is 0 Å². The normalized spacial score (nSPS) is 20.5. The number of hydrogen-bond donors (Lipinski definition) is 3. The molecule has 0 radical (unpaired) electrons. The Hall–Kier alpha value is -0.260. The van der Waals surface area contributed by atoms with E-state index >= 15 is 0 Å². The molecular formula is C10H20N2O2S. The van der Waals surface area contributed by atoms with Crippen molar-refractivity contribution >= 4 is 17.7 Å². The average Bonchev–Trinajstić information content (AvgIpc) is 2.19. The first-order valence-electron chi connectivity index (χ1n) is 5.32. The summed E-state index contributed by atoms with van der Waals surface area (Å²) in [5.74, 6) is 0.739. The molecule has 0 aromatic carbocycles. The van der Waals surface area contributed by atoms with Crippen molar-refractivity contribution in [2.75, 3.05) is 18.6 Å². The summed E-state index contributed by atoms with van der Waals surface area (Å²) in [4.78, 5) is 11.5. The molecule has 15 heavy (non-hydrogen) atoms. The maximum absolute atomic E-state index is 11.5. The summed E-state index contributed by atoms with van der Waals surface area (Å²) in [6, 6.07) is -0.443. The Morgan fingerprint density at radius 1 is 1.67 bits per heavy atom. The van der Waals surface area contributed by atoms with Gasteiger partial charge in [0, 0.05) is 6.54 Å². The molecule has 0 aromatic rings. The van der Waals surface area contributed by atoms with E-state index in [1.165, 1.54) is 0 Å². The highest BCUT2D eigenvalue weighted by Crippen LogP contribution is 2.30. The smallest absolute Gasteiger partial charge is 0.237 e. The van der Waals surface area contributed by atoms with E-state index in [4.69, 9.17) is 5.73 Å². The highest BCUT2D eigenvalue weighted by molar-refractivity contribution is 7.98. The Morgan fingerprint density at radius 3 is 2.80 bits per heavy atom. The number of thioether (sulfide) groups is 1. The second kappa shape index (κ2) is 5.72. The second-order valence-corrected chi connectivity index (χ2v) is 5.17. The molecule has 1 rings (SSSR count). The van der Waals surface area contributed by atoms with Crippen LogP contribution in [-0.2, 0) is 4.79 Å². The Kier molecular flexibility index (Phi) is 4.89. The van der Waals surface area contributed by atoms with Gasteiger partial charge in [0.2, 0.25) is 5.91 Å². The molecule has 1 fully saturated rings. The summed E-state index contributed by atoms with van der Waals surface area (Å²) in [6.45, 7) is 0.346. The fourth-order valence-electron chi connectivity index (χ4n) is 1.52. The Balaban J connectivity index is 2.17. The SMILES string of the molecule is CSCC[C@H](N)C(=O)NCC1(O)CCC1. The van der Waals surface area contributed by atoms with Gasteiger partial charge in [0.25, 0.3) is 0 Å². The lowest BCUT2D eigenvalue weighted by Gasteiger charge is -2.36. The van der Waals surface area contributed by atoms with E-state index in [9.17, 15) is 9.90 Å². The topological polar surface area (TPSA) is 75.4 Å². The lowest BCUT2D eigenvalue weighted by Crippen LogP contribution is -2.51. The van der Waals surface area contributed by atoms with Gasteiger partial charge in [-0.25, -0.2) is 0 Å². The van der Waals surface area contributed by atoms with Crippen LogP contribution in [0.4, 0.5) is 0 Å². The Labute approximate surface area is 95.0 Å². The average molecular weight is 232 g/mol. The predicted molar refractivity (Wildman–Crippen MR) is 62.8 cm³/mol. The van der Waals surface area contributed by atoms with Gasteiger partial charge in [-0.2, -0.15) is 11.8 Å². The van der Waals surface area contributed by atoms with E-state index in [2.05, 4.69) is 5.32 Å². The number of amides is 1. The van der Waals surface area contributed by atoms with E-state index in [1.54, 1.807) is 11.8 Å². The minimum atomic E-state index is -0.658. The van der Waals surface area contributed by atoms with E-state index < -0.39 is 11.6 Å². The second-order valence-electron chi connectivity index (χ2n) is 4.18. The molecule has 4 N–H and O–H groups in total. The lowest BCUT2D eigenvalue weighted by atomic mass is 9.80. The Morgan fingerprint density at radius 2 is 2.33 bits per heavy atom. The van der Waals surface area contributed by atoms with Crippen LogP contribution in [0.3, 0.4) is 0 Å². The van der Waals surface area contributed by atoms with Crippen LogP contribution in [0.5, 0.6) is 0 Å². The van der Waals surface area contributed by atoms with Crippen LogP contribution in [0.25, 0.3) is 0 Å². The van der Waals surface area contributed by atoms with Crippen LogP contribution in [0.1, 0.15) is 25.7 Å². The standard InChI is InChI=1S/C10H20N2O2S/c1-15-6-3-8(11)9(13)12-7-10(14)4-2-5-10/h8,14H,2-7,11H2,1H3,(H,12,13)/t8-/m0/s1. The summed E-state index contributed by atoms with van der Waals surface area (Å²) in [7, 11) is 0. The van der Waals surface area contributed by atoms with E-state index in [0.717, 1.165) is 25.0 Å². The number of carbonyl (C=O) groups is 1. The molecule has 0 saturated heterocycles. The number of hydrogen-bond acceptors (Lipinski definition) is 4. The monoisotopic (exact) mass is 232 g/mol. The van der Waals surface area contributed by atoms with Gasteiger partial charge in [0.1, 0.15) is 0 Å². The first-order valence-corrected chi connectivity index (χ1v) is 6.71. The quantitative estimate of drug-likeness (QED) is 0.607. The number of nitrogens with one attached hydrogen (secondary N) is 1. The highest BCUT2D eigenvalue weighted by atomic mass is 32.2. The predicted octanol–water partition coefficient (Wildman–Crippen LogP) is 0.0980. The third kappa shape index (κ3) is 4.01. The lowest BCUT2D eigenvalue weighted by molar-refractivity contribution is -0.124. The van der Waals surface area contributed by atoms with Gasteiger partial charge in [0.05, 0.1) is 11.6 Å². The minimum Gasteiger partial charge on any atom is -0.388 e. The fraction of sp³-hybridized carbons (Fsp3) is 0.900. The molecular weight excluding hydrogens is 212 g/mol. The molecule has 1 aliphatic rings. The van der Waals surface area contributed by atoms with Gasteiger partial charge in [-0.3, -0.25) is 4.79 Å². The van der Waals surface area contributed by atoms with Crippen LogP contribution in [0.15, 0.2) is 0 Å². The van der Waals surface area contributed by atoms with Gasteiger partial charge in [-0.1, -0.05) is 0 Å². The number of rotatable bonds is 6. The molecule has 1 amide bonds. The number of nitrogens with two attached hydrogens (primary N) is 1. The molecule has 0 spiro atoms. The fourth-order valence-corrected chi connectivity index (χ4v) is 2.01. The summed E-state index contributed by atoms with van der Waals surface area (Å²) >= 11 is 1.68. The highest BCUT2D eigenvalue weighted by Gasteiger charge is 2.34. The van der Waals surface area contributed by atoms with Crippen LogP contribution >= 0.6 is 11.8 Å². The third-order valence-electron chi connectivity index (χ3n) is 2.85. The molecule has 0 aromatic heterocycles. The molecule has 1 aliphatic carbocycles. The minimum absolute atomic E-state index is 0.149. The zero-order chi connectivity index (χ0) is 11.3. The van der Waals surface area contributed by atoms with Crippen LogP contribution < -0.4 is 11.1 Å². The largest absolute Gasteiger partial charge is 0.388 e. The number of carbonyl (C=O) groups excluding carboxylic acids is 1. The first kappa shape index (κ1) is 12.8. The van der Waals surface area contributed by atoms with Crippen LogP contribution in [0.2, 0.25) is 0 Å². The van der Waals surface area contributed by atoms with Crippen molar-refractivity contribution in [3.05, 3.63) is 0 Å². The summed E-state index contributed by atoms with van der Waals surface area (Å²) in [5.41, 5.74) is 5.03. The van der Waals surface area contributed by atoms with Gasteiger partial charge < -0.3 is 16.2 Å². The van der Waals surface area contributed by atoms with Crippen molar-refractivity contribution in [1.29, 1.82) is 0 Å². The molecule has 0 bridgehead atoms. The first-order chi connectivity index (χ1) is 7.07. The summed E-state index contributed by atoms with van der Waals surface area (Å²) in [6.07, 6.45) is 5.29. The molecule has 5 heteroatoms. The summed E-state index contributed by atoms with van der Waals surface area (Å²) in [5, 5.41) is 12.5. The van der Waals surface area contributed by atoms with Gasteiger partial charge in [0.15, 0.2) is 0 Å². The van der Waals surface area contributed by atoms with Gasteiger partial charge in [-0.15, -0.1) is 0 Å². The zero-order valence-corrected chi connectivity index (χ0v) is 9.98. The molecule has 0 heterocycles. The summed E-state index contributed by atoms with van der Waals surface area (Å²) < 4.78 is 0. The maximum atomic E-state index is 11.5. The van der Waals surface area contributed by atoms with Crippen LogP contribution in [0, 0.1) is 0 Å². The van der Waals surface area contributed by atoms with E-state index in [-0.39, 0.29) is 5.91 Å². The van der Waals surface area contributed by atoms with E-state index in [1.807, 2.05) is 6.26 Å². The maximum Gasteiger partial charge on any atom is 0.237 e. The molecule has 0 aliphatic heterocycles. The molecule has 1 saturated carbocycles. The van der Waals surface area contributed by atoms with Crippen molar-refractivity contribution in [2.24, 2.45) is 5.73 Å². The Bertz CT molecular complexity index is 219. The van der Waals surface area contributed by atoms with Crippen molar-refractivity contribution in [1.82, 2.24) is 5.32 Å². The molecule has 88 valence electrons. The van der Waals surface area contributed by atoms with Crippen molar-refractivity contribution in [2.45, 2.75) is 37.3 Å².